The Balaban J connectivity index is 2.35. The number of benzene rings is 1. The molecular weight excluding hydrogens is 330 g/mol. The topological polar surface area (TPSA) is 70.9 Å². The van der Waals surface area contributed by atoms with E-state index in [0.29, 0.717) is 23.7 Å². The Kier molecular flexibility index (Phi) is 4.87. The van der Waals surface area contributed by atoms with Crippen molar-refractivity contribution in [3.63, 3.8) is 0 Å². The zero-order valence-electron chi connectivity index (χ0n) is 12.1. The lowest BCUT2D eigenvalue weighted by Gasteiger charge is -2.30. The number of sulfonamides is 1. The molecule has 1 atom stereocenters. The minimum Gasteiger partial charge on any atom is -0.207 e. The molecule has 0 saturated heterocycles. The lowest BCUT2D eigenvalue weighted by molar-refractivity contribution is 0.292. The number of nitrogens with one attached hydrogen (secondary N) is 1. The fourth-order valence-corrected chi connectivity index (χ4v) is 4.49. The molecule has 1 aliphatic rings. The van der Waals surface area contributed by atoms with Gasteiger partial charge in [-0.1, -0.05) is 26.8 Å². The van der Waals surface area contributed by atoms with Crippen LogP contribution in [0.5, 0.6) is 0 Å². The molecule has 5 nitrogen and oxygen atoms in total. The van der Waals surface area contributed by atoms with Crippen molar-refractivity contribution in [2.75, 3.05) is 5.88 Å². The molecule has 1 aromatic rings. The first-order chi connectivity index (χ1) is 9.75. The molecule has 1 aliphatic heterocycles. The van der Waals surface area contributed by atoms with Crippen molar-refractivity contribution < 1.29 is 8.42 Å². The quantitative estimate of drug-likeness (QED) is 0.837. The van der Waals surface area contributed by atoms with Crippen molar-refractivity contribution in [1.82, 2.24) is 4.72 Å². The van der Waals surface area contributed by atoms with Gasteiger partial charge >= 0.3 is 0 Å². The molecule has 0 aromatic heterocycles. The minimum atomic E-state index is -3.67. The molecule has 21 heavy (non-hydrogen) atoms. The Hall–Kier alpha value is -0.760. The van der Waals surface area contributed by atoms with Gasteiger partial charge in [-0.25, -0.2) is 13.1 Å². The summed E-state index contributed by atoms with van der Waals surface area (Å²) in [6.07, 6.45) is 0.565. The SMILES string of the molecule is CC(C)(C)C(CCCl)NS(=O)(=O)c1cccc2c1N=S=N2. The predicted octanol–water partition coefficient (Wildman–Crippen LogP) is 3.73. The van der Waals surface area contributed by atoms with Crippen LogP contribution >= 0.6 is 11.6 Å². The lowest BCUT2D eigenvalue weighted by Crippen LogP contribution is -2.43. The largest absolute Gasteiger partial charge is 0.243 e. The van der Waals surface area contributed by atoms with Crippen LogP contribution in [-0.4, -0.2) is 20.3 Å². The van der Waals surface area contributed by atoms with Gasteiger partial charge in [0.2, 0.25) is 10.0 Å². The van der Waals surface area contributed by atoms with Gasteiger partial charge in [0, 0.05) is 11.9 Å². The van der Waals surface area contributed by atoms with Crippen LogP contribution in [0.25, 0.3) is 0 Å². The summed E-state index contributed by atoms with van der Waals surface area (Å²) >= 11 is 6.80. The first-order valence-corrected chi connectivity index (χ1v) is 9.30. The zero-order valence-corrected chi connectivity index (χ0v) is 14.5. The van der Waals surface area contributed by atoms with Gasteiger partial charge in [0.25, 0.3) is 0 Å². The van der Waals surface area contributed by atoms with Crippen molar-refractivity contribution >= 4 is 44.4 Å². The van der Waals surface area contributed by atoms with Crippen molar-refractivity contribution in [3.8, 4) is 0 Å². The molecular formula is C13H18ClN3O2S2. The summed E-state index contributed by atoms with van der Waals surface area (Å²) in [4.78, 5) is 0.164. The van der Waals surface area contributed by atoms with Crippen LogP contribution in [0.4, 0.5) is 11.4 Å². The zero-order chi connectivity index (χ0) is 15.7. The van der Waals surface area contributed by atoms with Gasteiger partial charge in [0.15, 0.2) is 0 Å². The highest BCUT2D eigenvalue weighted by atomic mass is 35.5. The van der Waals surface area contributed by atoms with E-state index in [0.717, 1.165) is 11.4 Å². The van der Waals surface area contributed by atoms with Gasteiger partial charge < -0.3 is 0 Å². The van der Waals surface area contributed by atoms with Crippen LogP contribution in [-0.2, 0) is 21.4 Å². The standard InChI is InChI=1S/C13H18ClN3O2S2/c1-13(2,3)11(7-8-14)17-21(18,19)10-6-4-5-9-12(10)16-20-15-9/h4-6,11,17H,7-8H2,1-3H3. The molecule has 0 spiro atoms. The van der Waals surface area contributed by atoms with E-state index in [-0.39, 0.29) is 16.4 Å². The van der Waals surface area contributed by atoms with E-state index < -0.39 is 10.0 Å². The molecule has 2 rings (SSSR count). The Morgan fingerprint density at radius 1 is 1.33 bits per heavy atom. The molecule has 1 aromatic carbocycles. The summed E-state index contributed by atoms with van der Waals surface area (Å²) < 4.78 is 36.2. The van der Waals surface area contributed by atoms with E-state index in [9.17, 15) is 8.42 Å². The first kappa shape index (κ1) is 16.6. The Labute approximate surface area is 134 Å². The first-order valence-electron chi connectivity index (χ1n) is 6.55. The van der Waals surface area contributed by atoms with E-state index in [4.69, 9.17) is 11.6 Å². The van der Waals surface area contributed by atoms with Crippen LogP contribution < -0.4 is 4.72 Å². The molecule has 0 fully saturated rings. The number of halogens is 1. The fraction of sp³-hybridized carbons (Fsp3) is 0.538. The Morgan fingerprint density at radius 2 is 2.05 bits per heavy atom. The maximum Gasteiger partial charge on any atom is 0.243 e. The van der Waals surface area contributed by atoms with Gasteiger partial charge in [0.1, 0.15) is 16.3 Å². The molecule has 116 valence electrons. The molecule has 0 aliphatic carbocycles. The molecule has 0 radical (unpaired) electrons. The second kappa shape index (κ2) is 6.16. The third-order valence-corrected chi connectivity index (χ3v) is 5.54. The predicted molar refractivity (Wildman–Crippen MR) is 86.9 cm³/mol. The third kappa shape index (κ3) is 3.71. The average molecular weight is 348 g/mol. The summed E-state index contributed by atoms with van der Waals surface area (Å²) in [7, 11) is -3.67. The monoisotopic (exact) mass is 347 g/mol. The molecule has 1 unspecified atom stereocenters. The molecule has 0 amide bonds. The van der Waals surface area contributed by atoms with Gasteiger partial charge in [-0.15, -0.1) is 11.6 Å². The van der Waals surface area contributed by atoms with Crippen molar-refractivity contribution in [2.45, 2.75) is 38.1 Å². The van der Waals surface area contributed by atoms with Crippen molar-refractivity contribution in [3.05, 3.63) is 18.2 Å². The van der Waals surface area contributed by atoms with Crippen LogP contribution in [0, 0.1) is 5.41 Å². The third-order valence-electron chi connectivity index (χ3n) is 3.28. The summed E-state index contributed by atoms with van der Waals surface area (Å²) in [6.45, 7) is 5.95. The lowest BCUT2D eigenvalue weighted by atomic mass is 9.86. The molecule has 8 heteroatoms. The number of nitrogens with zero attached hydrogens (tertiary/aromatic N) is 2. The van der Waals surface area contributed by atoms with Gasteiger partial charge in [0.05, 0.1) is 11.4 Å². The normalized spacial score (nSPS) is 15.6. The highest BCUT2D eigenvalue weighted by Crippen LogP contribution is 2.37. The number of fused-ring (bicyclic) bond motifs is 1. The molecule has 0 saturated carbocycles. The number of hydrogen-bond acceptors (Lipinski definition) is 4. The fourth-order valence-electron chi connectivity index (χ4n) is 2.03. The van der Waals surface area contributed by atoms with Crippen LogP contribution in [0.1, 0.15) is 27.2 Å². The average Bonchev–Trinajstić information content (AvgIpc) is 2.84. The van der Waals surface area contributed by atoms with Crippen molar-refractivity contribution in [1.29, 1.82) is 0 Å². The second-order valence-corrected chi connectivity index (χ2v) is 8.49. The molecule has 1 N–H and O–H groups in total. The van der Waals surface area contributed by atoms with Crippen LogP contribution in [0.2, 0.25) is 0 Å². The molecule has 1 heterocycles. The van der Waals surface area contributed by atoms with Crippen LogP contribution in [0.15, 0.2) is 31.8 Å². The van der Waals surface area contributed by atoms with E-state index in [1.54, 1.807) is 18.2 Å². The Bertz CT molecular complexity index is 705. The van der Waals surface area contributed by atoms with Gasteiger partial charge in [-0.2, -0.15) is 8.73 Å². The number of rotatable bonds is 5. The maximum atomic E-state index is 12.7. The minimum absolute atomic E-state index is 0.164. The summed E-state index contributed by atoms with van der Waals surface area (Å²) in [6, 6.07) is 4.72. The maximum absolute atomic E-state index is 12.7. The molecule has 0 bridgehead atoms. The second-order valence-electron chi connectivity index (χ2n) is 5.91. The highest BCUT2D eigenvalue weighted by molar-refractivity contribution is 7.89. The van der Waals surface area contributed by atoms with E-state index in [1.807, 2.05) is 20.8 Å². The van der Waals surface area contributed by atoms with Gasteiger partial charge in [-0.3, -0.25) is 0 Å². The van der Waals surface area contributed by atoms with Crippen molar-refractivity contribution in [2.24, 2.45) is 14.1 Å². The van der Waals surface area contributed by atoms with E-state index in [2.05, 4.69) is 13.4 Å². The smallest absolute Gasteiger partial charge is 0.207 e. The summed E-state index contributed by atoms with van der Waals surface area (Å²) in [5.74, 6) is 0.396. The van der Waals surface area contributed by atoms with Gasteiger partial charge in [-0.05, 0) is 24.0 Å². The van der Waals surface area contributed by atoms with E-state index in [1.165, 1.54) is 0 Å². The number of alkyl halides is 1. The highest BCUT2D eigenvalue weighted by Gasteiger charge is 2.31. The van der Waals surface area contributed by atoms with E-state index >= 15 is 0 Å². The summed E-state index contributed by atoms with van der Waals surface area (Å²) in [5.41, 5.74) is 0.775. The summed E-state index contributed by atoms with van der Waals surface area (Å²) in [5, 5.41) is 0. The van der Waals surface area contributed by atoms with Crippen LogP contribution in [0.3, 0.4) is 0 Å². The number of hydrogen-bond donors (Lipinski definition) is 1. The Morgan fingerprint density at radius 3 is 2.67 bits per heavy atom.